The van der Waals surface area contributed by atoms with Gasteiger partial charge in [0, 0.05) is 11.1 Å². The van der Waals surface area contributed by atoms with Gasteiger partial charge in [0.1, 0.15) is 5.82 Å². The number of aromatic amines is 1. The van der Waals surface area contributed by atoms with Gasteiger partial charge in [-0.3, -0.25) is 0 Å². The standard InChI is InChI=1S/C13H19N3/c1-7-8(2)10-11(14-9(7)3)16-12(15-10)13(4,5)6/h1-6H3,(H,14,15,16). The molecule has 3 heteroatoms. The van der Waals surface area contributed by atoms with E-state index in [-0.39, 0.29) is 5.41 Å². The molecule has 16 heavy (non-hydrogen) atoms. The zero-order valence-corrected chi connectivity index (χ0v) is 10.9. The summed E-state index contributed by atoms with van der Waals surface area (Å²) in [5.41, 5.74) is 5.52. The summed E-state index contributed by atoms with van der Waals surface area (Å²) in [6, 6.07) is 0. The van der Waals surface area contributed by atoms with Crippen LogP contribution in [0.15, 0.2) is 0 Å². The molecule has 0 aliphatic rings. The molecule has 0 aliphatic carbocycles. The molecule has 0 aromatic carbocycles. The molecule has 0 aliphatic heterocycles. The first-order valence-electron chi connectivity index (χ1n) is 5.64. The number of fused-ring (bicyclic) bond motifs is 1. The Morgan fingerprint density at radius 2 is 1.56 bits per heavy atom. The number of aromatic nitrogens is 3. The van der Waals surface area contributed by atoms with Crippen LogP contribution in [0, 0.1) is 20.8 Å². The Morgan fingerprint density at radius 1 is 0.938 bits per heavy atom. The molecule has 2 aromatic rings. The number of hydrogen-bond donors (Lipinski definition) is 1. The number of pyridine rings is 1. The number of hydrogen-bond acceptors (Lipinski definition) is 2. The van der Waals surface area contributed by atoms with Gasteiger partial charge in [-0.25, -0.2) is 9.97 Å². The fraction of sp³-hybridized carbons (Fsp3) is 0.538. The van der Waals surface area contributed by atoms with E-state index in [1.807, 2.05) is 6.92 Å². The fourth-order valence-corrected chi connectivity index (χ4v) is 1.76. The SMILES string of the molecule is Cc1nc2nc(C(C)(C)C)[nH]c2c(C)c1C. The van der Waals surface area contributed by atoms with E-state index in [1.165, 1.54) is 11.1 Å². The molecule has 0 radical (unpaired) electrons. The lowest BCUT2D eigenvalue weighted by molar-refractivity contribution is 0.554. The molecule has 2 aromatic heterocycles. The van der Waals surface area contributed by atoms with Crippen molar-refractivity contribution in [3.63, 3.8) is 0 Å². The molecule has 0 bridgehead atoms. The molecular formula is C13H19N3. The van der Waals surface area contributed by atoms with Crippen molar-refractivity contribution in [2.45, 2.75) is 47.0 Å². The van der Waals surface area contributed by atoms with Crippen molar-refractivity contribution in [1.82, 2.24) is 15.0 Å². The lowest BCUT2D eigenvalue weighted by atomic mass is 9.96. The summed E-state index contributed by atoms with van der Waals surface area (Å²) in [5.74, 6) is 1.00. The van der Waals surface area contributed by atoms with Crippen LogP contribution in [-0.4, -0.2) is 15.0 Å². The van der Waals surface area contributed by atoms with Gasteiger partial charge >= 0.3 is 0 Å². The number of nitrogens with zero attached hydrogens (tertiary/aromatic N) is 2. The molecule has 3 nitrogen and oxygen atoms in total. The summed E-state index contributed by atoms with van der Waals surface area (Å²) in [5, 5.41) is 0. The summed E-state index contributed by atoms with van der Waals surface area (Å²) < 4.78 is 0. The van der Waals surface area contributed by atoms with Crippen LogP contribution < -0.4 is 0 Å². The largest absolute Gasteiger partial charge is 0.340 e. The highest BCUT2D eigenvalue weighted by Gasteiger charge is 2.20. The number of H-pyrrole nitrogens is 1. The minimum Gasteiger partial charge on any atom is -0.340 e. The van der Waals surface area contributed by atoms with Gasteiger partial charge < -0.3 is 4.98 Å². The van der Waals surface area contributed by atoms with Crippen molar-refractivity contribution in [3.05, 3.63) is 22.6 Å². The van der Waals surface area contributed by atoms with Crippen molar-refractivity contribution in [3.8, 4) is 0 Å². The zero-order chi connectivity index (χ0) is 12.1. The smallest absolute Gasteiger partial charge is 0.178 e. The average molecular weight is 217 g/mol. The van der Waals surface area contributed by atoms with E-state index >= 15 is 0 Å². The third kappa shape index (κ3) is 1.60. The minimum atomic E-state index is 0.0367. The highest BCUT2D eigenvalue weighted by molar-refractivity contribution is 5.76. The monoisotopic (exact) mass is 217 g/mol. The van der Waals surface area contributed by atoms with Gasteiger partial charge in [0.05, 0.1) is 5.52 Å². The molecule has 86 valence electrons. The van der Waals surface area contributed by atoms with Gasteiger partial charge in [-0.2, -0.15) is 0 Å². The minimum absolute atomic E-state index is 0.0367. The maximum Gasteiger partial charge on any atom is 0.178 e. The maximum atomic E-state index is 4.58. The second kappa shape index (κ2) is 3.30. The van der Waals surface area contributed by atoms with E-state index in [0.717, 1.165) is 22.7 Å². The third-order valence-electron chi connectivity index (χ3n) is 3.15. The fourth-order valence-electron chi connectivity index (χ4n) is 1.76. The Balaban J connectivity index is 2.77. The molecule has 0 fully saturated rings. The normalized spacial score (nSPS) is 12.4. The quantitative estimate of drug-likeness (QED) is 0.736. The Bertz CT molecular complexity index is 544. The Labute approximate surface area is 96.3 Å². The average Bonchev–Trinajstić information content (AvgIpc) is 2.57. The molecule has 0 amide bonds. The Morgan fingerprint density at radius 3 is 2.12 bits per heavy atom. The van der Waals surface area contributed by atoms with Crippen LogP contribution in [-0.2, 0) is 5.41 Å². The second-order valence-corrected chi connectivity index (χ2v) is 5.48. The number of imidazole rings is 1. The summed E-state index contributed by atoms with van der Waals surface area (Å²) in [4.78, 5) is 12.5. The molecule has 0 saturated heterocycles. The van der Waals surface area contributed by atoms with Gasteiger partial charge in [-0.1, -0.05) is 20.8 Å². The summed E-state index contributed by atoms with van der Waals surface area (Å²) in [7, 11) is 0. The number of rotatable bonds is 0. The molecule has 0 saturated carbocycles. The van der Waals surface area contributed by atoms with Crippen molar-refractivity contribution >= 4 is 11.2 Å². The predicted octanol–water partition coefficient (Wildman–Crippen LogP) is 3.18. The molecule has 0 spiro atoms. The first kappa shape index (κ1) is 11.1. The molecule has 1 N–H and O–H groups in total. The highest BCUT2D eigenvalue weighted by atomic mass is 15.0. The van der Waals surface area contributed by atoms with Crippen LogP contribution in [0.4, 0.5) is 0 Å². The van der Waals surface area contributed by atoms with Crippen molar-refractivity contribution < 1.29 is 0 Å². The topological polar surface area (TPSA) is 41.6 Å². The van der Waals surface area contributed by atoms with Crippen molar-refractivity contribution in [2.75, 3.05) is 0 Å². The zero-order valence-electron chi connectivity index (χ0n) is 10.9. The van der Waals surface area contributed by atoms with E-state index in [4.69, 9.17) is 0 Å². The lowest BCUT2D eigenvalue weighted by Crippen LogP contribution is -2.13. The van der Waals surface area contributed by atoms with Crippen molar-refractivity contribution in [2.24, 2.45) is 0 Å². The maximum absolute atomic E-state index is 4.58. The number of nitrogens with one attached hydrogen (secondary N) is 1. The van der Waals surface area contributed by atoms with E-state index < -0.39 is 0 Å². The van der Waals surface area contributed by atoms with Gasteiger partial charge in [0.2, 0.25) is 0 Å². The van der Waals surface area contributed by atoms with E-state index in [2.05, 4.69) is 49.6 Å². The summed E-state index contributed by atoms with van der Waals surface area (Å²) in [6.07, 6.45) is 0. The van der Waals surface area contributed by atoms with Crippen LogP contribution in [0.5, 0.6) is 0 Å². The Hall–Kier alpha value is -1.38. The lowest BCUT2D eigenvalue weighted by Gasteiger charge is -2.13. The third-order valence-corrected chi connectivity index (χ3v) is 3.15. The van der Waals surface area contributed by atoms with Crippen LogP contribution in [0.3, 0.4) is 0 Å². The molecule has 0 unspecified atom stereocenters. The van der Waals surface area contributed by atoms with E-state index in [0.29, 0.717) is 0 Å². The summed E-state index contributed by atoms with van der Waals surface area (Å²) in [6.45, 7) is 12.7. The first-order chi connectivity index (χ1) is 7.30. The van der Waals surface area contributed by atoms with Gasteiger partial charge in [0.15, 0.2) is 5.65 Å². The van der Waals surface area contributed by atoms with Crippen LogP contribution >= 0.6 is 0 Å². The van der Waals surface area contributed by atoms with E-state index in [9.17, 15) is 0 Å². The second-order valence-electron chi connectivity index (χ2n) is 5.48. The molecular weight excluding hydrogens is 198 g/mol. The van der Waals surface area contributed by atoms with E-state index in [1.54, 1.807) is 0 Å². The first-order valence-corrected chi connectivity index (χ1v) is 5.64. The van der Waals surface area contributed by atoms with Crippen LogP contribution in [0.2, 0.25) is 0 Å². The summed E-state index contributed by atoms with van der Waals surface area (Å²) >= 11 is 0. The van der Waals surface area contributed by atoms with Crippen molar-refractivity contribution in [1.29, 1.82) is 0 Å². The Kier molecular flexibility index (Phi) is 2.30. The molecule has 2 rings (SSSR count). The van der Waals surface area contributed by atoms with Crippen LogP contribution in [0.25, 0.3) is 11.2 Å². The molecule has 0 atom stereocenters. The predicted molar refractivity (Wildman–Crippen MR) is 66.8 cm³/mol. The number of aryl methyl sites for hydroxylation is 2. The van der Waals surface area contributed by atoms with Gasteiger partial charge in [0.25, 0.3) is 0 Å². The highest BCUT2D eigenvalue weighted by Crippen LogP contribution is 2.25. The van der Waals surface area contributed by atoms with Gasteiger partial charge in [-0.15, -0.1) is 0 Å². The molecule has 2 heterocycles. The van der Waals surface area contributed by atoms with Gasteiger partial charge in [-0.05, 0) is 31.9 Å². The van der Waals surface area contributed by atoms with Crippen LogP contribution in [0.1, 0.15) is 43.4 Å².